The molecular formula is C22H22N4O4S. The van der Waals surface area contributed by atoms with E-state index >= 15 is 0 Å². The number of nitrogens with one attached hydrogen (secondary N) is 2. The number of benzene rings is 2. The van der Waals surface area contributed by atoms with Gasteiger partial charge in [0.1, 0.15) is 6.61 Å². The second-order valence-corrected chi connectivity index (χ2v) is 7.16. The van der Waals surface area contributed by atoms with E-state index in [0.29, 0.717) is 23.1 Å². The van der Waals surface area contributed by atoms with Crippen LogP contribution in [0.4, 0.5) is 15.6 Å². The summed E-state index contributed by atoms with van der Waals surface area (Å²) in [7, 11) is 0. The number of hydrogen-bond acceptors (Lipinski definition) is 8. The van der Waals surface area contributed by atoms with Crippen LogP contribution in [0.25, 0.3) is 0 Å². The monoisotopic (exact) mass is 438 g/mol. The summed E-state index contributed by atoms with van der Waals surface area (Å²) in [5, 5.41) is 9.18. The minimum Gasteiger partial charge on any atom is -0.466 e. The van der Waals surface area contributed by atoms with E-state index in [-0.39, 0.29) is 19.0 Å². The highest BCUT2D eigenvalue weighted by Gasteiger charge is 2.08. The van der Waals surface area contributed by atoms with Crippen molar-refractivity contribution in [2.75, 3.05) is 17.3 Å². The zero-order valence-electron chi connectivity index (χ0n) is 16.9. The molecule has 0 saturated carbocycles. The van der Waals surface area contributed by atoms with Gasteiger partial charge >= 0.3 is 12.1 Å². The average molecular weight is 439 g/mol. The lowest BCUT2D eigenvalue weighted by molar-refractivity contribution is -0.142. The van der Waals surface area contributed by atoms with Crippen LogP contribution in [0.3, 0.4) is 0 Å². The van der Waals surface area contributed by atoms with Crippen LogP contribution in [-0.4, -0.2) is 29.9 Å². The molecule has 0 aliphatic rings. The Balaban J connectivity index is 1.43. The van der Waals surface area contributed by atoms with Crippen LogP contribution >= 0.6 is 11.3 Å². The number of amides is 1. The van der Waals surface area contributed by atoms with Gasteiger partial charge in [-0.25, -0.2) is 9.78 Å². The van der Waals surface area contributed by atoms with E-state index in [2.05, 4.69) is 20.8 Å². The molecule has 3 aromatic rings. The van der Waals surface area contributed by atoms with Crippen molar-refractivity contribution in [2.45, 2.75) is 20.0 Å². The number of carbonyl (C=O) groups is 2. The van der Waals surface area contributed by atoms with Gasteiger partial charge in [-0.2, -0.15) is 5.10 Å². The summed E-state index contributed by atoms with van der Waals surface area (Å²) < 4.78 is 10.1. The molecule has 0 aliphatic carbocycles. The first-order chi connectivity index (χ1) is 15.1. The van der Waals surface area contributed by atoms with E-state index in [0.717, 1.165) is 11.1 Å². The normalized spacial score (nSPS) is 10.6. The molecule has 0 aliphatic heterocycles. The molecule has 0 radical (unpaired) electrons. The van der Waals surface area contributed by atoms with E-state index < -0.39 is 6.09 Å². The van der Waals surface area contributed by atoms with E-state index in [4.69, 9.17) is 9.47 Å². The van der Waals surface area contributed by atoms with Crippen molar-refractivity contribution in [2.24, 2.45) is 5.10 Å². The lowest BCUT2D eigenvalue weighted by Gasteiger charge is -2.07. The Morgan fingerprint density at radius 2 is 1.87 bits per heavy atom. The fourth-order valence-corrected chi connectivity index (χ4v) is 3.15. The summed E-state index contributed by atoms with van der Waals surface area (Å²) in [5.41, 5.74) is 5.84. The largest absolute Gasteiger partial charge is 0.466 e. The summed E-state index contributed by atoms with van der Waals surface area (Å²) in [6, 6.07) is 16.6. The number of hydrogen-bond donors (Lipinski definition) is 2. The van der Waals surface area contributed by atoms with Crippen LogP contribution in [0, 0.1) is 0 Å². The Kier molecular flexibility index (Phi) is 8.13. The number of carbonyl (C=O) groups excluding carboxylic acids is 2. The predicted octanol–water partition coefficient (Wildman–Crippen LogP) is 4.44. The first-order valence-corrected chi connectivity index (χ1v) is 10.5. The summed E-state index contributed by atoms with van der Waals surface area (Å²) >= 11 is 1.35. The first kappa shape index (κ1) is 22.0. The summed E-state index contributed by atoms with van der Waals surface area (Å²) in [6.45, 7) is 2.32. The number of nitrogens with zero attached hydrogens (tertiary/aromatic N) is 2. The fraction of sp³-hybridized carbons (Fsp3) is 0.182. The third-order valence-corrected chi connectivity index (χ3v) is 4.72. The molecule has 2 aromatic carbocycles. The van der Waals surface area contributed by atoms with E-state index in [1.807, 2.05) is 42.5 Å². The summed E-state index contributed by atoms with van der Waals surface area (Å²) in [5.74, 6) is -0.305. The third kappa shape index (κ3) is 7.56. The van der Waals surface area contributed by atoms with Gasteiger partial charge in [0.05, 0.1) is 24.9 Å². The number of anilines is 2. The lowest BCUT2D eigenvalue weighted by Crippen LogP contribution is -2.13. The van der Waals surface area contributed by atoms with Crippen LogP contribution in [0.1, 0.15) is 23.7 Å². The van der Waals surface area contributed by atoms with Crippen LogP contribution in [0.5, 0.6) is 0 Å². The van der Waals surface area contributed by atoms with E-state index in [9.17, 15) is 9.59 Å². The third-order valence-electron chi connectivity index (χ3n) is 3.93. The topological polar surface area (TPSA) is 102 Å². The molecule has 2 N–H and O–H groups in total. The van der Waals surface area contributed by atoms with Gasteiger partial charge in [-0.15, -0.1) is 11.3 Å². The van der Waals surface area contributed by atoms with Crippen molar-refractivity contribution in [1.82, 2.24) is 4.98 Å². The van der Waals surface area contributed by atoms with Crippen LogP contribution in [-0.2, 0) is 27.3 Å². The van der Waals surface area contributed by atoms with Crippen molar-refractivity contribution in [3.05, 3.63) is 76.8 Å². The molecule has 9 heteroatoms. The zero-order valence-corrected chi connectivity index (χ0v) is 17.7. The van der Waals surface area contributed by atoms with Gasteiger partial charge in [0, 0.05) is 11.1 Å². The Bertz CT molecular complexity index is 1020. The highest BCUT2D eigenvalue weighted by molar-refractivity contribution is 7.13. The number of aromatic nitrogens is 1. The maximum absolute atomic E-state index is 11.9. The molecular weight excluding hydrogens is 416 g/mol. The summed E-state index contributed by atoms with van der Waals surface area (Å²) in [6.07, 6.45) is 1.25. The van der Waals surface area contributed by atoms with Crippen molar-refractivity contribution < 1.29 is 19.1 Å². The molecule has 1 heterocycles. The van der Waals surface area contributed by atoms with Crippen molar-refractivity contribution in [3.63, 3.8) is 0 Å². The van der Waals surface area contributed by atoms with E-state index in [1.54, 1.807) is 30.7 Å². The molecule has 0 fully saturated rings. The Morgan fingerprint density at radius 1 is 1.10 bits per heavy atom. The molecule has 0 atom stereocenters. The first-order valence-electron chi connectivity index (χ1n) is 9.59. The highest BCUT2D eigenvalue weighted by Crippen LogP contribution is 2.16. The molecule has 160 valence electrons. The average Bonchev–Trinajstić information content (AvgIpc) is 3.21. The van der Waals surface area contributed by atoms with Crippen LogP contribution < -0.4 is 10.7 Å². The van der Waals surface area contributed by atoms with Crippen LogP contribution in [0.15, 0.2) is 65.1 Å². The molecule has 1 aromatic heterocycles. The number of rotatable bonds is 9. The van der Waals surface area contributed by atoms with Gasteiger partial charge in [-0.05, 0) is 30.2 Å². The zero-order chi connectivity index (χ0) is 21.9. The Labute approximate surface area is 183 Å². The molecule has 0 saturated heterocycles. The van der Waals surface area contributed by atoms with Crippen molar-refractivity contribution in [1.29, 1.82) is 0 Å². The second kappa shape index (κ2) is 11.5. The van der Waals surface area contributed by atoms with Crippen molar-refractivity contribution >= 4 is 40.4 Å². The maximum atomic E-state index is 11.9. The number of ether oxygens (including phenoxy) is 2. The highest BCUT2D eigenvalue weighted by atomic mass is 32.1. The lowest BCUT2D eigenvalue weighted by atomic mass is 10.2. The minimum atomic E-state index is -0.519. The Hall–Kier alpha value is -3.72. The smallest absolute Gasteiger partial charge is 0.411 e. The SMILES string of the molecule is CCOC(=O)Cc1csc(NN=Cc2ccc(NC(=O)OCc3ccccc3)cc2)n1. The van der Waals surface area contributed by atoms with E-state index in [1.165, 1.54) is 11.3 Å². The van der Waals surface area contributed by atoms with Gasteiger partial charge in [-0.3, -0.25) is 15.5 Å². The molecule has 0 spiro atoms. The molecule has 0 unspecified atom stereocenters. The Morgan fingerprint density at radius 3 is 2.61 bits per heavy atom. The standard InChI is InChI=1S/C22H22N4O4S/c1-2-29-20(27)12-19-15-31-21(24-19)26-23-13-16-8-10-18(11-9-16)25-22(28)30-14-17-6-4-3-5-7-17/h3-11,13,15H,2,12,14H2,1H3,(H,24,26)(H,25,28). The van der Waals surface area contributed by atoms with Gasteiger partial charge in [-0.1, -0.05) is 42.5 Å². The summed E-state index contributed by atoms with van der Waals surface area (Å²) in [4.78, 5) is 27.7. The van der Waals surface area contributed by atoms with Crippen molar-refractivity contribution in [3.8, 4) is 0 Å². The molecule has 31 heavy (non-hydrogen) atoms. The maximum Gasteiger partial charge on any atom is 0.411 e. The minimum absolute atomic E-state index is 0.137. The van der Waals surface area contributed by atoms with Gasteiger partial charge in [0.25, 0.3) is 0 Å². The predicted molar refractivity (Wildman–Crippen MR) is 120 cm³/mol. The molecule has 8 nitrogen and oxygen atoms in total. The molecule has 1 amide bonds. The number of thiazole rings is 1. The fourth-order valence-electron chi connectivity index (χ4n) is 2.49. The van der Waals surface area contributed by atoms with Gasteiger partial charge in [0.2, 0.25) is 5.13 Å². The van der Waals surface area contributed by atoms with Gasteiger partial charge < -0.3 is 9.47 Å². The van der Waals surface area contributed by atoms with Crippen LogP contribution in [0.2, 0.25) is 0 Å². The second-order valence-electron chi connectivity index (χ2n) is 6.30. The number of hydrazone groups is 1. The number of esters is 1. The molecule has 3 rings (SSSR count). The van der Waals surface area contributed by atoms with Gasteiger partial charge in [0.15, 0.2) is 0 Å². The molecule has 0 bridgehead atoms. The quantitative estimate of drug-likeness (QED) is 0.291.